The number of para-hydroxylation sites is 1. The summed E-state index contributed by atoms with van der Waals surface area (Å²) in [7, 11) is 0. The number of rotatable bonds is 4. The number of nitrogens with one attached hydrogen (secondary N) is 1. The zero-order valence-corrected chi connectivity index (χ0v) is 14.7. The fraction of sp³-hybridized carbons (Fsp3) is 0.529. The molecule has 1 aromatic carbocycles. The van der Waals surface area contributed by atoms with Crippen molar-refractivity contribution in [3.8, 4) is 0 Å². The van der Waals surface area contributed by atoms with E-state index in [1.807, 2.05) is 11.3 Å². The molecule has 0 bridgehead atoms. The summed E-state index contributed by atoms with van der Waals surface area (Å²) < 4.78 is 1.27. The lowest BCUT2D eigenvalue weighted by atomic mass is 10.0. The first-order chi connectivity index (χ1) is 10.8. The molecule has 1 aliphatic rings. The predicted octanol–water partition coefficient (Wildman–Crippen LogP) is 4.50. The van der Waals surface area contributed by atoms with E-state index < -0.39 is 0 Å². The summed E-state index contributed by atoms with van der Waals surface area (Å²) in [4.78, 5) is 7.21. The predicted molar refractivity (Wildman–Crippen MR) is 98.4 cm³/mol. The summed E-state index contributed by atoms with van der Waals surface area (Å²) in [6.07, 6.45) is 5.98. The van der Waals surface area contributed by atoms with Gasteiger partial charge in [-0.1, -0.05) is 25.5 Å². The molecule has 3 rings (SSSR count). The van der Waals surface area contributed by atoms with Gasteiger partial charge in [-0.15, -0.1) is 11.3 Å². The van der Waals surface area contributed by atoms with E-state index in [4.69, 9.17) is 17.2 Å². The van der Waals surface area contributed by atoms with Crippen molar-refractivity contribution in [2.24, 2.45) is 0 Å². The number of hydrogen-bond acceptors (Lipinski definition) is 3. The number of thiocarbonyl (C=S) groups is 1. The molecule has 0 radical (unpaired) electrons. The van der Waals surface area contributed by atoms with Crippen molar-refractivity contribution < 1.29 is 0 Å². The van der Waals surface area contributed by atoms with Gasteiger partial charge in [0.05, 0.1) is 16.3 Å². The molecule has 0 spiro atoms. The second kappa shape index (κ2) is 7.38. The number of likely N-dealkylation sites (tertiary alicyclic amines) is 1. The van der Waals surface area contributed by atoms with Crippen LogP contribution in [0.25, 0.3) is 10.2 Å². The van der Waals surface area contributed by atoms with Gasteiger partial charge in [0, 0.05) is 13.1 Å². The number of piperidine rings is 1. The molecule has 2 heterocycles. The Morgan fingerprint density at radius 3 is 3.09 bits per heavy atom. The lowest BCUT2D eigenvalue weighted by molar-refractivity contribution is 0.242. The fourth-order valence-electron chi connectivity index (χ4n) is 2.94. The summed E-state index contributed by atoms with van der Waals surface area (Å²) in [5.41, 5.74) is 1.11. The Balaban J connectivity index is 1.78. The molecular weight excluding hydrogens is 310 g/mol. The maximum atomic E-state index is 5.64. The first-order valence-corrected chi connectivity index (χ1v) is 9.42. The second-order valence-electron chi connectivity index (χ2n) is 5.81. The standard InChI is InChI=1S/C17H23N3S2/c1-2-3-11-18-17(21)20-12-7-6-9-14(20)16-19-13-8-4-5-10-15(13)22-16/h4-5,8,10,14H,2-3,6-7,9,11-12H2,1H3,(H,18,21)/t14-/m1/s1. The van der Waals surface area contributed by atoms with Crippen molar-refractivity contribution in [2.75, 3.05) is 13.1 Å². The van der Waals surface area contributed by atoms with Crippen LogP contribution in [-0.2, 0) is 0 Å². The molecule has 2 aromatic rings. The largest absolute Gasteiger partial charge is 0.363 e. The summed E-state index contributed by atoms with van der Waals surface area (Å²) in [6.45, 7) is 4.21. The van der Waals surface area contributed by atoms with Gasteiger partial charge in [-0.2, -0.15) is 0 Å². The van der Waals surface area contributed by atoms with Gasteiger partial charge in [-0.25, -0.2) is 4.98 Å². The Hall–Kier alpha value is -1.20. The minimum atomic E-state index is 0.341. The molecule has 1 aliphatic heterocycles. The number of unbranched alkanes of at least 4 members (excludes halogenated alkanes) is 1. The third-order valence-electron chi connectivity index (χ3n) is 4.17. The zero-order chi connectivity index (χ0) is 15.4. The topological polar surface area (TPSA) is 28.2 Å². The van der Waals surface area contributed by atoms with Crippen LogP contribution in [0.1, 0.15) is 50.1 Å². The highest BCUT2D eigenvalue weighted by Gasteiger charge is 2.28. The molecular formula is C17H23N3S2. The summed E-state index contributed by atoms with van der Waals surface area (Å²) in [5, 5.41) is 5.53. The van der Waals surface area contributed by atoms with Gasteiger partial charge in [0.15, 0.2) is 5.11 Å². The van der Waals surface area contributed by atoms with Gasteiger partial charge in [0.1, 0.15) is 5.01 Å². The fourth-order valence-corrected chi connectivity index (χ4v) is 4.37. The van der Waals surface area contributed by atoms with Crippen molar-refractivity contribution >= 4 is 38.9 Å². The van der Waals surface area contributed by atoms with E-state index in [1.54, 1.807) is 0 Å². The van der Waals surface area contributed by atoms with E-state index in [0.29, 0.717) is 6.04 Å². The third kappa shape index (κ3) is 3.41. The highest BCUT2D eigenvalue weighted by Crippen LogP contribution is 2.35. The van der Waals surface area contributed by atoms with Crippen LogP contribution in [0.4, 0.5) is 0 Å². The van der Waals surface area contributed by atoms with Gasteiger partial charge in [0.2, 0.25) is 0 Å². The Morgan fingerprint density at radius 1 is 1.41 bits per heavy atom. The third-order valence-corrected chi connectivity index (χ3v) is 5.68. The van der Waals surface area contributed by atoms with Crippen molar-refractivity contribution in [1.82, 2.24) is 15.2 Å². The van der Waals surface area contributed by atoms with Crippen LogP contribution < -0.4 is 5.32 Å². The van der Waals surface area contributed by atoms with Crippen molar-refractivity contribution in [2.45, 2.75) is 45.1 Å². The Kier molecular flexibility index (Phi) is 5.26. The van der Waals surface area contributed by atoms with E-state index in [0.717, 1.165) is 30.1 Å². The summed E-state index contributed by atoms with van der Waals surface area (Å²) >= 11 is 7.45. The number of thiazole rings is 1. The Labute approximate surface area is 141 Å². The van der Waals surface area contributed by atoms with Crippen LogP contribution in [0.3, 0.4) is 0 Å². The van der Waals surface area contributed by atoms with Crippen LogP contribution in [0, 0.1) is 0 Å². The van der Waals surface area contributed by atoms with Gasteiger partial charge in [0.25, 0.3) is 0 Å². The molecule has 5 heteroatoms. The molecule has 0 unspecified atom stereocenters. The van der Waals surface area contributed by atoms with Crippen LogP contribution in [0.15, 0.2) is 24.3 Å². The second-order valence-corrected chi connectivity index (χ2v) is 7.26. The first kappa shape index (κ1) is 15.7. The van der Waals surface area contributed by atoms with Crippen molar-refractivity contribution in [3.63, 3.8) is 0 Å². The normalized spacial score (nSPS) is 18.6. The number of hydrogen-bond donors (Lipinski definition) is 1. The molecule has 0 aliphatic carbocycles. The van der Waals surface area contributed by atoms with Gasteiger partial charge in [-0.3, -0.25) is 0 Å². The average molecular weight is 334 g/mol. The molecule has 1 fully saturated rings. The van der Waals surface area contributed by atoms with Crippen molar-refractivity contribution in [3.05, 3.63) is 29.3 Å². The van der Waals surface area contributed by atoms with Crippen LogP contribution in [-0.4, -0.2) is 28.1 Å². The smallest absolute Gasteiger partial charge is 0.169 e. The Morgan fingerprint density at radius 2 is 2.27 bits per heavy atom. The monoisotopic (exact) mass is 333 g/mol. The lowest BCUT2D eigenvalue weighted by Crippen LogP contribution is -2.44. The summed E-state index contributed by atoms with van der Waals surface area (Å²) in [6, 6.07) is 8.73. The maximum absolute atomic E-state index is 5.64. The molecule has 22 heavy (non-hydrogen) atoms. The van der Waals surface area contributed by atoms with Gasteiger partial charge in [-0.05, 0) is 50.0 Å². The molecule has 118 valence electrons. The van der Waals surface area contributed by atoms with Crippen LogP contribution in [0.5, 0.6) is 0 Å². The van der Waals surface area contributed by atoms with Gasteiger partial charge < -0.3 is 10.2 Å². The molecule has 3 nitrogen and oxygen atoms in total. The summed E-state index contributed by atoms with van der Waals surface area (Å²) in [5.74, 6) is 0. The quantitative estimate of drug-likeness (QED) is 0.659. The lowest BCUT2D eigenvalue weighted by Gasteiger charge is -2.36. The molecule has 1 aromatic heterocycles. The minimum absolute atomic E-state index is 0.341. The van der Waals surface area contributed by atoms with Crippen LogP contribution >= 0.6 is 23.6 Å². The number of nitrogens with zero attached hydrogens (tertiary/aromatic N) is 2. The molecule has 1 N–H and O–H groups in total. The average Bonchev–Trinajstić information content (AvgIpc) is 2.99. The van der Waals surface area contributed by atoms with E-state index in [9.17, 15) is 0 Å². The minimum Gasteiger partial charge on any atom is -0.363 e. The zero-order valence-electron chi connectivity index (χ0n) is 13.0. The highest BCUT2D eigenvalue weighted by molar-refractivity contribution is 7.80. The molecule has 0 saturated carbocycles. The van der Waals surface area contributed by atoms with E-state index >= 15 is 0 Å². The Bertz CT molecular complexity index is 605. The van der Waals surface area contributed by atoms with Gasteiger partial charge >= 0.3 is 0 Å². The number of aromatic nitrogens is 1. The van der Waals surface area contributed by atoms with Crippen LogP contribution in [0.2, 0.25) is 0 Å². The molecule has 1 saturated heterocycles. The SMILES string of the molecule is CCCCNC(=S)N1CCCC[C@@H]1c1nc2ccccc2s1. The van der Waals surface area contributed by atoms with E-state index in [1.165, 1.54) is 35.4 Å². The molecule has 0 amide bonds. The maximum Gasteiger partial charge on any atom is 0.169 e. The van der Waals surface area contributed by atoms with E-state index in [2.05, 4.69) is 41.4 Å². The first-order valence-electron chi connectivity index (χ1n) is 8.19. The van der Waals surface area contributed by atoms with E-state index in [-0.39, 0.29) is 0 Å². The number of benzene rings is 1. The van der Waals surface area contributed by atoms with Crippen molar-refractivity contribution in [1.29, 1.82) is 0 Å². The highest BCUT2D eigenvalue weighted by atomic mass is 32.1. The number of fused-ring (bicyclic) bond motifs is 1. The molecule has 1 atom stereocenters.